The Labute approximate surface area is 98.5 Å². The van der Waals surface area contributed by atoms with Crippen LogP contribution in [0.2, 0.25) is 0 Å². The van der Waals surface area contributed by atoms with Crippen molar-refractivity contribution in [3.8, 4) is 0 Å². The van der Waals surface area contributed by atoms with E-state index >= 15 is 0 Å². The molecule has 0 aliphatic rings. The molecule has 3 nitrogen and oxygen atoms in total. The minimum Gasteiger partial charge on any atom is -0.368 e. The van der Waals surface area contributed by atoms with E-state index in [2.05, 4.69) is 37.1 Å². The maximum atomic E-state index is 6.15. The lowest BCUT2D eigenvalue weighted by atomic mass is 9.95. The monoisotopic (exact) mass is 221 g/mol. The summed E-state index contributed by atoms with van der Waals surface area (Å²) in [6.45, 7) is 7.24. The van der Waals surface area contributed by atoms with Crippen LogP contribution in [-0.2, 0) is 0 Å². The first-order valence-corrected chi connectivity index (χ1v) is 6.10. The molecule has 1 unspecified atom stereocenters. The standard InChI is InChI=1S/C13H23N3/c1-4-11(5-2)12(14)9-16-13-10(3)7-6-8-15-13/h6-8,11-12H,4-5,9,14H2,1-3H3,(H,15,16). The van der Waals surface area contributed by atoms with E-state index in [4.69, 9.17) is 5.73 Å². The van der Waals surface area contributed by atoms with Crippen molar-refractivity contribution >= 4 is 5.82 Å². The quantitative estimate of drug-likeness (QED) is 0.776. The third-order valence-corrected chi connectivity index (χ3v) is 3.17. The molecule has 0 radical (unpaired) electrons. The highest BCUT2D eigenvalue weighted by Crippen LogP contribution is 2.13. The molecule has 0 saturated carbocycles. The molecule has 0 bridgehead atoms. The molecule has 3 N–H and O–H groups in total. The summed E-state index contributed by atoms with van der Waals surface area (Å²) in [5.41, 5.74) is 7.31. The second kappa shape index (κ2) is 6.48. The van der Waals surface area contributed by atoms with Crippen LogP contribution in [-0.4, -0.2) is 17.6 Å². The molecule has 0 saturated heterocycles. The van der Waals surface area contributed by atoms with Gasteiger partial charge in [-0.25, -0.2) is 4.98 Å². The number of aryl methyl sites for hydroxylation is 1. The van der Waals surface area contributed by atoms with Crippen molar-refractivity contribution in [2.75, 3.05) is 11.9 Å². The zero-order valence-electron chi connectivity index (χ0n) is 10.5. The van der Waals surface area contributed by atoms with Gasteiger partial charge in [0.15, 0.2) is 0 Å². The van der Waals surface area contributed by atoms with Crippen LogP contribution in [0.4, 0.5) is 5.82 Å². The predicted molar refractivity (Wildman–Crippen MR) is 69.5 cm³/mol. The van der Waals surface area contributed by atoms with Crippen LogP contribution < -0.4 is 11.1 Å². The third-order valence-electron chi connectivity index (χ3n) is 3.17. The summed E-state index contributed by atoms with van der Waals surface area (Å²) >= 11 is 0. The van der Waals surface area contributed by atoms with Gasteiger partial charge in [0.2, 0.25) is 0 Å². The highest BCUT2D eigenvalue weighted by atomic mass is 15.0. The molecule has 0 fully saturated rings. The first-order chi connectivity index (χ1) is 7.69. The van der Waals surface area contributed by atoms with Gasteiger partial charge in [0, 0.05) is 18.8 Å². The summed E-state index contributed by atoms with van der Waals surface area (Å²) in [5, 5.41) is 3.33. The van der Waals surface area contributed by atoms with Crippen LogP contribution in [0.5, 0.6) is 0 Å². The van der Waals surface area contributed by atoms with Crippen LogP contribution in [0.1, 0.15) is 32.3 Å². The number of nitrogens with two attached hydrogens (primary N) is 1. The normalized spacial score (nSPS) is 12.8. The van der Waals surface area contributed by atoms with Crippen LogP contribution in [0.25, 0.3) is 0 Å². The number of aromatic nitrogens is 1. The van der Waals surface area contributed by atoms with E-state index in [0.717, 1.165) is 25.2 Å². The van der Waals surface area contributed by atoms with Crippen molar-refractivity contribution in [2.45, 2.75) is 39.7 Å². The average Bonchev–Trinajstić information content (AvgIpc) is 2.29. The van der Waals surface area contributed by atoms with E-state index in [1.54, 1.807) is 6.20 Å². The topological polar surface area (TPSA) is 50.9 Å². The molecule has 1 rings (SSSR count). The minimum atomic E-state index is 0.205. The number of nitrogens with zero attached hydrogens (tertiary/aromatic N) is 1. The highest BCUT2D eigenvalue weighted by molar-refractivity contribution is 5.42. The van der Waals surface area contributed by atoms with Gasteiger partial charge in [-0.1, -0.05) is 32.8 Å². The van der Waals surface area contributed by atoms with Crippen molar-refractivity contribution in [3.63, 3.8) is 0 Å². The first-order valence-electron chi connectivity index (χ1n) is 6.10. The fourth-order valence-corrected chi connectivity index (χ4v) is 1.95. The van der Waals surface area contributed by atoms with Gasteiger partial charge in [0.05, 0.1) is 0 Å². The minimum absolute atomic E-state index is 0.205. The van der Waals surface area contributed by atoms with Crippen molar-refractivity contribution in [1.29, 1.82) is 0 Å². The molecule has 0 aliphatic heterocycles. The zero-order chi connectivity index (χ0) is 12.0. The molecule has 16 heavy (non-hydrogen) atoms. The van der Waals surface area contributed by atoms with E-state index in [-0.39, 0.29) is 6.04 Å². The molecule has 0 aliphatic carbocycles. The number of hydrogen-bond donors (Lipinski definition) is 2. The van der Waals surface area contributed by atoms with E-state index in [1.807, 2.05) is 6.07 Å². The molecular formula is C13H23N3. The Morgan fingerprint density at radius 3 is 2.62 bits per heavy atom. The SMILES string of the molecule is CCC(CC)C(N)CNc1ncccc1C. The Balaban J connectivity index is 2.48. The second-order valence-electron chi connectivity index (χ2n) is 4.29. The second-order valence-corrected chi connectivity index (χ2v) is 4.29. The van der Waals surface area contributed by atoms with Gasteiger partial charge >= 0.3 is 0 Å². The van der Waals surface area contributed by atoms with Crippen molar-refractivity contribution in [3.05, 3.63) is 23.9 Å². The Hall–Kier alpha value is -1.09. The van der Waals surface area contributed by atoms with E-state index in [9.17, 15) is 0 Å². The highest BCUT2D eigenvalue weighted by Gasteiger charge is 2.13. The molecule has 0 amide bonds. The van der Waals surface area contributed by atoms with E-state index < -0.39 is 0 Å². The largest absolute Gasteiger partial charge is 0.368 e. The number of nitrogens with one attached hydrogen (secondary N) is 1. The van der Waals surface area contributed by atoms with Crippen LogP contribution in [0.15, 0.2) is 18.3 Å². The van der Waals surface area contributed by atoms with E-state index in [0.29, 0.717) is 5.92 Å². The van der Waals surface area contributed by atoms with Gasteiger partial charge in [-0.3, -0.25) is 0 Å². The summed E-state index contributed by atoms with van der Waals surface area (Å²) in [5.74, 6) is 1.54. The third kappa shape index (κ3) is 3.49. The predicted octanol–water partition coefficient (Wildman–Crippen LogP) is 2.57. The van der Waals surface area contributed by atoms with Crippen molar-refractivity contribution < 1.29 is 0 Å². The molecule has 3 heteroatoms. The summed E-state index contributed by atoms with van der Waals surface area (Å²) in [6.07, 6.45) is 4.08. The molecular weight excluding hydrogens is 198 g/mol. The molecule has 1 aromatic rings. The molecule has 1 aromatic heterocycles. The fraction of sp³-hybridized carbons (Fsp3) is 0.615. The van der Waals surface area contributed by atoms with Gasteiger partial charge in [-0.15, -0.1) is 0 Å². The number of anilines is 1. The summed E-state index contributed by atoms with van der Waals surface area (Å²) in [4.78, 5) is 4.29. The lowest BCUT2D eigenvalue weighted by Gasteiger charge is -2.22. The molecule has 1 atom stereocenters. The number of hydrogen-bond acceptors (Lipinski definition) is 3. The van der Waals surface area contributed by atoms with Gasteiger partial charge < -0.3 is 11.1 Å². The summed E-state index contributed by atoms with van der Waals surface area (Å²) in [6, 6.07) is 4.20. The van der Waals surface area contributed by atoms with Crippen molar-refractivity contribution in [1.82, 2.24) is 4.98 Å². The Morgan fingerprint density at radius 1 is 1.38 bits per heavy atom. The smallest absolute Gasteiger partial charge is 0.128 e. The van der Waals surface area contributed by atoms with Crippen molar-refractivity contribution in [2.24, 2.45) is 11.7 Å². The lowest BCUT2D eigenvalue weighted by Crippen LogP contribution is -2.36. The molecule has 0 aromatic carbocycles. The maximum absolute atomic E-state index is 6.15. The summed E-state index contributed by atoms with van der Waals surface area (Å²) in [7, 11) is 0. The Morgan fingerprint density at radius 2 is 2.06 bits per heavy atom. The Kier molecular flexibility index (Phi) is 5.26. The number of rotatable bonds is 6. The molecule has 90 valence electrons. The lowest BCUT2D eigenvalue weighted by molar-refractivity contribution is 0.407. The summed E-state index contributed by atoms with van der Waals surface area (Å²) < 4.78 is 0. The number of pyridine rings is 1. The zero-order valence-corrected chi connectivity index (χ0v) is 10.5. The van der Waals surface area contributed by atoms with Gasteiger partial charge in [0.25, 0.3) is 0 Å². The Bertz CT molecular complexity index is 308. The average molecular weight is 221 g/mol. The van der Waals surface area contributed by atoms with Crippen LogP contribution >= 0.6 is 0 Å². The van der Waals surface area contributed by atoms with Crippen LogP contribution in [0.3, 0.4) is 0 Å². The molecule has 1 heterocycles. The van der Waals surface area contributed by atoms with Crippen LogP contribution in [0, 0.1) is 12.8 Å². The first kappa shape index (κ1) is 13.0. The fourth-order valence-electron chi connectivity index (χ4n) is 1.95. The van der Waals surface area contributed by atoms with Gasteiger partial charge in [-0.05, 0) is 24.5 Å². The van der Waals surface area contributed by atoms with E-state index in [1.165, 1.54) is 5.56 Å². The molecule has 0 spiro atoms. The van der Waals surface area contributed by atoms with Gasteiger partial charge in [0.1, 0.15) is 5.82 Å². The van der Waals surface area contributed by atoms with Gasteiger partial charge in [-0.2, -0.15) is 0 Å². The maximum Gasteiger partial charge on any atom is 0.128 e.